The lowest BCUT2D eigenvalue weighted by Gasteiger charge is -2.25. The number of nitrogens with zero attached hydrogens (tertiary/aromatic N) is 3. The fourth-order valence-corrected chi connectivity index (χ4v) is 4.11. The third-order valence-electron chi connectivity index (χ3n) is 5.59. The predicted molar refractivity (Wildman–Crippen MR) is 108 cm³/mol. The molecule has 1 aliphatic heterocycles. The minimum Gasteiger partial charge on any atom is -0.335 e. The summed E-state index contributed by atoms with van der Waals surface area (Å²) in [7, 11) is 0. The van der Waals surface area contributed by atoms with Gasteiger partial charge in [-0.3, -0.25) is 9.89 Å². The van der Waals surface area contributed by atoms with E-state index in [0.717, 1.165) is 35.2 Å². The van der Waals surface area contributed by atoms with Crippen LogP contribution >= 0.6 is 0 Å². The zero-order valence-corrected chi connectivity index (χ0v) is 15.9. The van der Waals surface area contributed by atoms with Crippen LogP contribution in [-0.4, -0.2) is 37.5 Å². The standard InChI is InChI=1S/C22H20FN5O/c1-13-16(12-24-27-13)18-9-8-14-11-19(26-21(14)25-18)22(29)28-10-4-7-20(28)15-5-2-3-6-17(15)23/h2-3,5-6,8-9,11-12,20H,4,7,10H2,1H3,(H,24,27)(H,25,26)/t20-/m1/s1. The van der Waals surface area contributed by atoms with E-state index in [4.69, 9.17) is 0 Å². The number of benzene rings is 1. The zero-order valence-electron chi connectivity index (χ0n) is 15.9. The maximum absolute atomic E-state index is 14.3. The lowest BCUT2D eigenvalue weighted by molar-refractivity contribution is 0.0728. The second kappa shape index (κ2) is 6.84. The molecule has 1 atom stereocenters. The summed E-state index contributed by atoms with van der Waals surface area (Å²) in [6.07, 6.45) is 3.35. The van der Waals surface area contributed by atoms with Gasteiger partial charge in [-0.1, -0.05) is 18.2 Å². The maximum atomic E-state index is 14.3. The summed E-state index contributed by atoms with van der Waals surface area (Å²) in [6, 6.07) is 12.1. The van der Waals surface area contributed by atoms with Crippen LogP contribution < -0.4 is 0 Å². The number of aromatic nitrogens is 4. The molecule has 1 saturated heterocycles. The Balaban J connectivity index is 1.48. The minimum atomic E-state index is -0.268. The quantitative estimate of drug-likeness (QED) is 0.546. The monoisotopic (exact) mass is 389 g/mol. The average molecular weight is 389 g/mol. The molecule has 7 heteroatoms. The number of amides is 1. The molecule has 0 bridgehead atoms. The third-order valence-corrected chi connectivity index (χ3v) is 5.59. The highest BCUT2D eigenvalue weighted by Crippen LogP contribution is 2.34. The van der Waals surface area contributed by atoms with Crippen LogP contribution in [-0.2, 0) is 0 Å². The molecule has 146 valence electrons. The number of aryl methyl sites for hydroxylation is 1. The molecule has 0 spiro atoms. The summed E-state index contributed by atoms with van der Waals surface area (Å²) in [5.74, 6) is -0.398. The van der Waals surface area contributed by atoms with E-state index in [9.17, 15) is 9.18 Å². The van der Waals surface area contributed by atoms with E-state index in [1.54, 1.807) is 23.2 Å². The van der Waals surface area contributed by atoms with Crippen molar-refractivity contribution in [2.45, 2.75) is 25.8 Å². The van der Waals surface area contributed by atoms with Crippen LogP contribution in [0.1, 0.15) is 40.6 Å². The van der Waals surface area contributed by atoms with E-state index < -0.39 is 0 Å². The number of pyridine rings is 1. The molecule has 1 amide bonds. The number of rotatable bonds is 3. The smallest absolute Gasteiger partial charge is 0.270 e. The van der Waals surface area contributed by atoms with Gasteiger partial charge >= 0.3 is 0 Å². The lowest BCUT2D eigenvalue weighted by Crippen LogP contribution is -2.31. The van der Waals surface area contributed by atoms with Gasteiger partial charge in [0.1, 0.15) is 17.2 Å². The van der Waals surface area contributed by atoms with Crippen molar-refractivity contribution in [3.8, 4) is 11.3 Å². The topological polar surface area (TPSA) is 77.7 Å². The number of hydrogen-bond donors (Lipinski definition) is 2. The van der Waals surface area contributed by atoms with Crippen LogP contribution in [0.25, 0.3) is 22.3 Å². The van der Waals surface area contributed by atoms with Gasteiger partial charge in [0.15, 0.2) is 0 Å². The first-order valence-electron chi connectivity index (χ1n) is 9.67. The van der Waals surface area contributed by atoms with Crippen LogP contribution in [0.2, 0.25) is 0 Å². The molecule has 0 saturated carbocycles. The van der Waals surface area contributed by atoms with Gasteiger partial charge in [-0.15, -0.1) is 0 Å². The summed E-state index contributed by atoms with van der Waals surface area (Å²) in [5.41, 5.74) is 4.34. The van der Waals surface area contributed by atoms with Crippen molar-refractivity contribution >= 4 is 16.9 Å². The van der Waals surface area contributed by atoms with E-state index in [0.29, 0.717) is 23.4 Å². The minimum absolute atomic E-state index is 0.130. The maximum Gasteiger partial charge on any atom is 0.270 e. The summed E-state index contributed by atoms with van der Waals surface area (Å²) < 4.78 is 14.3. The summed E-state index contributed by atoms with van der Waals surface area (Å²) >= 11 is 0. The van der Waals surface area contributed by atoms with Crippen LogP contribution in [0.3, 0.4) is 0 Å². The number of fused-ring (bicyclic) bond motifs is 1. The van der Waals surface area contributed by atoms with Gasteiger partial charge in [0.05, 0.1) is 17.9 Å². The number of carbonyl (C=O) groups is 1. The predicted octanol–water partition coefficient (Wildman–Crippen LogP) is 4.38. The molecular weight excluding hydrogens is 369 g/mol. The van der Waals surface area contributed by atoms with E-state index in [2.05, 4.69) is 20.2 Å². The van der Waals surface area contributed by atoms with Crippen molar-refractivity contribution in [2.75, 3.05) is 6.54 Å². The Bertz CT molecular complexity index is 1210. The van der Waals surface area contributed by atoms with Gasteiger partial charge in [0.25, 0.3) is 5.91 Å². The fourth-order valence-electron chi connectivity index (χ4n) is 4.11. The van der Waals surface area contributed by atoms with Gasteiger partial charge in [-0.05, 0) is 44.0 Å². The molecule has 0 aliphatic carbocycles. The Labute approximate surface area is 166 Å². The molecule has 1 aromatic carbocycles. The second-order valence-electron chi connectivity index (χ2n) is 7.40. The first kappa shape index (κ1) is 17.6. The lowest BCUT2D eigenvalue weighted by atomic mass is 10.0. The summed E-state index contributed by atoms with van der Waals surface area (Å²) in [6.45, 7) is 2.55. The molecule has 0 radical (unpaired) electrons. The molecule has 1 fully saturated rings. The van der Waals surface area contributed by atoms with E-state index in [1.807, 2.05) is 31.2 Å². The first-order chi connectivity index (χ1) is 14.1. The van der Waals surface area contributed by atoms with Gasteiger partial charge in [0.2, 0.25) is 0 Å². The number of carbonyl (C=O) groups excluding carboxylic acids is 1. The van der Waals surface area contributed by atoms with Crippen LogP contribution in [0.4, 0.5) is 4.39 Å². The highest BCUT2D eigenvalue weighted by atomic mass is 19.1. The van der Waals surface area contributed by atoms with E-state index >= 15 is 0 Å². The number of likely N-dealkylation sites (tertiary alicyclic amines) is 1. The van der Waals surface area contributed by atoms with Crippen LogP contribution in [0, 0.1) is 12.7 Å². The summed E-state index contributed by atoms with van der Waals surface area (Å²) in [4.78, 5) is 22.8. The molecule has 1 aliphatic rings. The van der Waals surface area contributed by atoms with Crippen molar-refractivity contribution in [1.82, 2.24) is 25.1 Å². The number of nitrogens with one attached hydrogen (secondary N) is 2. The van der Waals surface area contributed by atoms with E-state index in [-0.39, 0.29) is 17.8 Å². The fraction of sp³-hybridized carbons (Fsp3) is 0.227. The van der Waals surface area contributed by atoms with Crippen LogP contribution in [0.15, 0.2) is 48.7 Å². The Morgan fingerprint density at radius 1 is 1.24 bits per heavy atom. The highest BCUT2D eigenvalue weighted by Gasteiger charge is 2.32. The molecule has 0 unspecified atom stereocenters. The largest absolute Gasteiger partial charge is 0.335 e. The van der Waals surface area contributed by atoms with Crippen molar-refractivity contribution < 1.29 is 9.18 Å². The number of halogens is 1. The SMILES string of the molecule is Cc1[nH]ncc1-c1ccc2cc(C(=O)N3CCC[C@@H]3c3ccccc3F)[nH]c2n1. The molecule has 4 aromatic rings. The number of hydrogen-bond acceptors (Lipinski definition) is 3. The molecule has 3 aromatic heterocycles. The Morgan fingerprint density at radius 3 is 2.90 bits per heavy atom. The number of H-pyrrole nitrogens is 2. The van der Waals surface area contributed by atoms with Crippen molar-refractivity contribution in [3.05, 3.63) is 71.4 Å². The van der Waals surface area contributed by atoms with Crippen molar-refractivity contribution in [1.29, 1.82) is 0 Å². The Hall–Kier alpha value is -3.48. The van der Waals surface area contributed by atoms with Gasteiger partial charge in [-0.2, -0.15) is 5.10 Å². The highest BCUT2D eigenvalue weighted by molar-refractivity contribution is 5.98. The molecule has 2 N–H and O–H groups in total. The normalized spacial score (nSPS) is 16.6. The van der Waals surface area contributed by atoms with Crippen LogP contribution in [0.5, 0.6) is 0 Å². The second-order valence-corrected chi connectivity index (χ2v) is 7.40. The molecule has 4 heterocycles. The van der Waals surface area contributed by atoms with E-state index in [1.165, 1.54) is 6.07 Å². The third kappa shape index (κ3) is 2.99. The molecule has 6 nitrogen and oxygen atoms in total. The Morgan fingerprint density at radius 2 is 2.10 bits per heavy atom. The summed E-state index contributed by atoms with van der Waals surface area (Å²) in [5, 5.41) is 7.81. The Kier molecular flexibility index (Phi) is 4.16. The molecule has 5 rings (SSSR count). The molecule has 29 heavy (non-hydrogen) atoms. The van der Waals surface area contributed by atoms with Crippen molar-refractivity contribution in [3.63, 3.8) is 0 Å². The van der Waals surface area contributed by atoms with Gasteiger partial charge in [0, 0.05) is 28.8 Å². The van der Waals surface area contributed by atoms with Gasteiger partial charge in [-0.25, -0.2) is 9.37 Å². The zero-order chi connectivity index (χ0) is 20.0. The first-order valence-corrected chi connectivity index (χ1v) is 9.67. The number of aromatic amines is 2. The van der Waals surface area contributed by atoms with Crippen molar-refractivity contribution in [2.24, 2.45) is 0 Å². The van der Waals surface area contributed by atoms with Gasteiger partial charge < -0.3 is 9.88 Å². The molecular formula is C22H20FN5O. The average Bonchev–Trinajstić information content (AvgIpc) is 3.46.